The smallest absolute Gasteiger partial charge is 0.346 e. The SMILES string of the molecule is CCOC(=O)C1(NC(=O)CNCc2ccc3c(c2)OCO3)c2nc(C)c(N3C=NCC3)c1n2. The molecule has 33 heavy (non-hydrogen) atoms. The Labute approximate surface area is 190 Å². The molecule has 0 radical (unpaired) electrons. The molecular weight excluding hydrogens is 428 g/mol. The van der Waals surface area contributed by atoms with Gasteiger partial charge in [0.2, 0.25) is 18.2 Å². The van der Waals surface area contributed by atoms with Gasteiger partial charge in [-0.15, -0.1) is 0 Å². The van der Waals surface area contributed by atoms with Gasteiger partial charge in [-0.25, -0.2) is 14.8 Å². The molecule has 11 nitrogen and oxygen atoms in total. The Hall–Kier alpha value is -3.73. The Kier molecular flexibility index (Phi) is 5.33. The van der Waals surface area contributed by atoms with Gasteiger partial charge >= 0.3 is 5.97 Å². The predicted octanol–water partition coefficient (Wildman–Crippen LogP) is 0.365. The summed E-state index contributed by atoms with van der Waals surface area (Å²) in [5.41, 5.74) is 1.25. The number of aliphatic imine (C=N–C) groups is 3. The van der Waals surface area contributed by atoms with Crippen LogP contribution in [0, 0.1) is 0 Å². The van der Waals surface area contributed by atoms with Crippen molar-refractivity contribution in [2.75, 3.05) is 33.0 Å². The number of rotatable bonds is 8. The summed E-state index contributed by atoms with van der Waals surface area (Å²) < 4.78 is 16.0. The van der Waals surface area contributed by atoms with Gasteiger partial charge in [0.1, 0.15) is 5.71 Å². The molecule has 4 aliphatic rings. The van der Waals surface area contributed by atoms with E-state index in [0.29, 0.717) is 42.5 Å². The number of fused-ring (bicyclic) bond motifs is 3. The average molecular weight is 452 g/mol. The van der Waals surface area contributed by atoms with Crippen molar-refractivity contribution in [3.8, 4) is 11.5 Å². The van der Waals surface area contributed by atoms with Crippen LogP contribution in [-0.2, 0) is 20.9 Å². The minimum Gasteiger partial charge on any atom is -0.464 e. The molecule has 2 bridgehead atoms. The highest BCUT2D eigenvalue weighted by Crippen LogP contribution is 2.37. The molecule has 5 rings (SSSR count). The van der Waals surface area contributed by atoms with E-state index in [2.05, 4.69) is 25.6 Å². The lowest BCUT2D eigenvalue weighted by Crippen LogP contribution is -2.73. The zero-order chi connectivity index (χ0) is 23.0. The summed E-state index contributed by atoms with van der Waals surface area (Å²) in [5.74, 6) is 0.640. The third kappa shape index (κ3) is 3.54. The molecule has 1 atom stereocenters. The van der Waals surface area contributed by atoms with Gasteiger partial charge in [0.25, 0.3) is 0 Å². The van der Waals surface area contributed by atoms with Crippen molar-refractivity contribution in [2.45, 2.75) is 25.9 Å². The summed E-state index contributed by atoms with van der Waals surface area (Å²) in [6.45, 7) is 5.66. The number of carbonyl (C=O) groups is 2. The van der Waals surface area contributed by atoms with Crippen molar-refractivity contribution in [1.29, 1.82) is 0 Å². The Morgan fingerprint density at radius 1 is 1.24 bits per heavy atom. The van der Waals surface area contributed by atoms with Crippen molar-refractivity contribution in [1.82, 2.24) is 15.5 Å². The summed E-state index contributed by atoms with van der Waals surface area (Å²) in [7, 11) is 0. The molecule has 2 N–H and O–H groups in total. The van der Waals surface area contributed by atoms with Crippen molar-refractivity contribution in [3.63, 3.8) is 0 Å². The molecule has 1 aromatic carbocycles. The number of amides is 1. The van der Waals surface area contributed by atoms with Crippen LogP contribution in [0.2, 0.25) is 0 Å². The minimum absolute atomic E-state index is 0.0145. The second-order valence-electron chi connectivity index (χ2n) is 7.85. The Bertz CT molecular complexity index is 1140. The summed E-state index contributed by atoms with van der Waals surface area (Å²) in [6, 6.07) is 5.60. The van der Waals surface area contributed by atoms with E-state index in [1.54, 1.807) is 13.3 Å². The topological polar surface area (TPSA) is 126 Å². The minimum atomic E-state index is -1.52. The first-order valence-corrected chi connectivity index (χ1v) is 10.8. The Morgan fingerprint density at radius 2 is 2.09 bits per heavy atom. The van der Waals surface area contributed by atoms with Crippen molar-refractivity contribution in [2.24, 2.45) is 15.0 Å². The maximum Gasteiger partial charge on any atom is 0.346 e. The number of ether oxygens (including phenoxy) is 3. The first kappa shape index (κ1) is 21.1. The van der Waals surface area contributed by atoms with E-state index in [0.717, 1.165) is 11.3 Å². The van der Waals surface area contributed by atoms with E-state index in [4.69, 9.17) is 14.2 Å². The van der Waals surface area contributed by atoms with Gasteiger partial charge in [-0.05, 0) is 31.5 Å². The molecule has 0 spiro atoms. The standard InChI is InChI=1S/C22H24N6O5/c1-3-31-21(30)22(19-18(28-7-6-23-11-28)13(2)25-20(22)26-19)27-17(29)10-24-9-14-4-5-15-16(8-14)33-12-32-15/h4-5,8,11,24H,3,6-7,9-10,12H2,1-2H3,(H,27,29). The molecule has 11 heteroatoms. The van der Waals surface area contributed by atoms with Crippen LogP contribution in [-0.4, -0.2) is 73.2 Å². The number of hydrogen-bond donors (Lipinski definition) is 2. The van der Waals surface area contributed by atoms with Crippen molar-refractivity contribution >= 4 is 29.8 Å². The van der Waals surface area contributed by atoms with Crippen LogP contribution < -0.4 is 20.1 Å². The monoisotopic (exact) mass is 452 g/mol. The van der Waals surface area contributed by atoms with Crippen LogP contribution in [0.15, 0.2) is 44.6 Å². The second kappa shape index (κ2) is 8.32. The number of carbonyl (C=O) groups excluding carboxylic acids is 2. The lowest BCUT2D eigenvalue weighted by molar-refractivity contribution is -0.147. The number of allylic oxidation sites excluding steroid dienone is 1. The van der Waals surface area contributed by atoms with Crippen LogP contribution in [0.3, 0.4) is 0 Å². The zero-order valence-electron chi connectivity index (χ0n) is 18.4. The first-order chi connectivity index (χ1) is 16.0. The molecule has 4 aliphatic heterocycles. The van der Waals surface area contributed by atoms with Gasteiger partial charge in [0, 0.05) is 13.1 Å². The summed E-state index contributed by atoms with van der Waals surface area (Å²) in [5, 5.41) is 5.92. The molecule has 0 aliphatic carbocycles. The van der Waals surface area contributed by atoms with Crippen LogP contribution in [0.1, 0.15) is 19.4 Å². The zero-order valence-corrected chi connectivity index (χ0v) is 18.4. The van der Waals surface area contributed by atoms with Gasteiger partial charge in [0.05, 0.1) is 37.4 Å². The maximum atomic E-state index is 13.0. The van der Waals surface area contributed by atoms with Gasteiger partial charge in [-0.1, -0.05) is 6.07 Å². The molecule has 1 amide bonds. The molecule has 0 saturated heterocycles. The Morgan fingerprint density at radius 3 is 2.88 bits per heavy atom. The number of nitrogens with one attached hydrogen (secondary N) is 2. The summed E-state index contributed by atoms with van der Waals surface area (Å²) >= 11 is 0. The summed E-state index contributed by atoms with van der Waals surface area (Å²) in [6.07, 6.45) is 1.70. The maximum absolute atomic E-state index is 13.0. The van der Waals surface area contributed by atoms with Gasteiger partial charge in [-0.3, -0.25) is 9.79 Å². The first-order valence-electron chi connectivity index (χ1n) is 10.8. The number of nitrogens with zero attached hydrogens (tertiary/aromatic N) is 4. The number of benzene rings is 1. The molecule has 0 aromatic heterocycles. The fraction of sp³-hybridized carbons (Fsp3) is 0.409. The van der Waals surface area contributed by atoms with Crippen LogP contribution in [0.5, 0.6) is 11.5 Å². The van der Waals surface area contributed by atoms with E-state index < -0.39 is 11.5 Å². The third-order valence-electron chi connectivity index (χ3n) is 5.69. The normalized spacial score (nSPS) is 22.1. The fourth-order valence-corrected chi connectivity index (χ4v) is 4.16. The third-order valence-corrected chi connectivity index (χ3v) is 5.69. The second-order valence-corrected chi connectivity index (χ2v) is 7.85. The quantitative estimate of drug-likeness (QED) is 0.546. The molecule has 1 aromatic rings. The number of esters is 1. The molecule has 0 fully saturated rings. The van der Waals surface area contributed by atoms with Gasteiger partial charge in [-0.2, -0.15) is 0 Å². The highest BCUT2D eigenvalue weighted by Gasteiger charge is 2.61. The van der Waals surface area contributed by atoms with Crippen LogP contribution in [0.4, 0.5) is 0 Å². The van der Waals surface area contributed by atoms with Crippen molar-refractivity contribution in [3.05, 3.63) is 35.2 Å². The van der Waals surface area contributed by atoms with E-state index in [-0.39, 0.29) is 31.7 Å². The number of hydrogen-bond acceptors (Lipinski definition) is 10. The van der Waals surface area contributed by atoms with Crippen LogP contribution >= 0.6 is 0 Å². The van der Waals surface area contributed by atoms with E-state index in [1.807, 2.05) is 30.0 Å². The highest BCUT2D eigenvalue weighted by atomic mass is 16.7. The molecular formula is C22H24N6O5. The van der Waals surface area contributed by atoms with E-state index >= 15 is 0 Å². The highest BCUT2D eigenvalue weighted by molar-refractivity contribution is 6.46. The van der Waals surface area contributed by atoms with Gasteiger partial charge in [0.15, 0.2) is 17.3 Å². The molecule has 4 heterocycles. The average Bonchev–Trinajstić information content (AvgIpc) is 3.49. The van der Waals surface area contributed by atoms with E-state index in [1.165, 1.54) is 0 Å². The largest absolute Gasteiger partial charge is 0.464 e. The van der Waals surface area contributed by atoms with Gasteiger partial charge < -0.3 is 29.7 Å². The lowest BCUT2D eigenvalue weighted by atomic mass is 9.80. The molecule has 172 valence electrons. The predicted molar refractivity (Wildman–Crippen MR) is 119 cm³/mol. The lowest BCUT2D eigenvalue weighted by Gasteiger charge is -2.44. The fourth-order valence-electron chi connectivity index (χ4n) is 4.16. The number of amidine groups is 1. The van der Waals surface area contributed by atoms with Crippen molar-refractivity contribution < 1.29 is 23.8 Å². The summed E-state index contributed by atoms with van der Waals surface area (Å²) in [4.78, 5) is 41.0. The van der Waals surface area contributed by atoms with Crippen LogP contribution in [0.25, 0.3) is 0 Å². The Balaban J connectivity index is 1.29. The molecule has 1 unspecified atom stereocenters. The molecule has 0 saturated carbocycles. The van der Waals surface area contributed by atoms with E-state index in [9.17, 15) is 9.59 Å².